The summed E-state index contributed by atoms with van der Waals surface area (Å²) in [6.45, 7) is 0.606. The highest BCUT2D eigenvalue weighted by atomic mass is 35.5. The van der Waals surface area contributed by atoms with E-state index < -0.39 is 0 Å². The Hall–Kier alpha value is -2.24. The van der Waals surface area contributed by atoms with E-state index in [1.165, 1.54) is 0 Å². The zero-order valence-electron chi connectivity index (χ0n) is 13.2. The number of cyclic esters (lactones) is 1. The summed E-state index contributed by atoms with van der Waals surface area (Å²) in [4.78, 5) is 23.4. The van der Waals surface area contributed by atoms with Gasteiger partial charge in [0.05, 0.1) is 17.2 Å². The van der Waals surface area contributed by atoms with Crippen LogP contribution < -0.4 is 10.1 Å². The largest absolute Gasteiger partial charge is 0.492 e. The quantitative estimate of drug-likeness (QED) is 0.594. The lowest BCUT2D eigenvalue weighted by Crippen LogP contribution is -2.13. The molecule has 1 aliphatic rings. The van der Waals surface area contributed by atoms with Gasteiger partial charge in [-0.3, -0.25) is 4.79 Å². The summed E-state index contributed by atoms with van der Waals surface area (Å²) in [7, 11) is 0. The second-order valence-corrected chi connectivity index (χ2v) is 6.37. The highest BCUT2D eigenvalue weighted by molar-refractivity contribution is 6.35. The number of benzene rings is 2. The van der Waals surface area contributed by atoms with E-state index in [1.807, 2.05) is 0 Å². The smallest absolute Gasteiger partial charge is 0.338 e. The van der Waals surface area contributed by atoms with Gasteiger partial charge in [-0.25, -0.2) is 4.79 Å². The van der Waals surface area contributed by atoms with Gasteiger partial charge in [0, 0.05) is 22.7 Å². The second kappa shape index (κ2) is 7.76. The maximum absolute atomic E-state index is 12.0. The van der Waals surface area contributed by atoms with Gasteiger partial charge in [0.2, 0.25) is 5.91 Å². The van der Waals surface area contributed by atoms with E-state index in [0.717, 1.165) is 5.56 Å². The number of halogens is 2. The van der Waals surface area contributed by atoms with Crippen LogP contribution in [0.3, 0.4) is 0 Å². The van der Waals surface area contributed by atoms with E-state index in [4.69, 9.17) is 32.7 Å². The molecule has 5 nitrogen and oxygen atoms in total. The highest BCUT2D eigenvalue weighted by Gasteiger charge is 2.21. The minimum Gasteiger partial charge on any atom is -0.492 e. The van der Waals surface area contributed by atoms with Gasteiger partial charge in [-0.15, -0.1) is 0 Å². The molecular weight excluding hydrogens is 365 g/mol. The van der Waals surface area contributed by atoms with Crippen molar-refractivity contribution in [3.8, 4) is 5.75 Å². The van der Waals surface area contributed by atoms with Crippen LogP contribution in [0.1, 0.15) is 28.8 Å². The topological polar surface area (TPSA) is 64.6 Å². The second-order valence-electron chi connectivity index (χ2n) is 5.52. The summed E-state index contributed by atoms with van der Waals surface area (Å²) < 4.78 is 10.5. The van der Waals surface area contributed by atoms with Gasteiger partial charge >= 0.3 is 5.97 Å². The molecule has 3 rings (SSSR count). The van der Waals surface area contributed by atoms with Crippen molar-refractivity contribution >= 4 is 40.8 Å². The van der Waals surface area contributed by atoms with E-state index in [0.29, 0.717) is 46.5 Å². The van der Waals surface area contributed by atoms with Crippen LogP contribution in [0.5, 0.6) is 5.75 Å². The van der Waals surface area contributed by atoms with Crippen LogP contribution >= 0.6 is 23.2 Å². The fourth-order valence-electron chi connectivity index (χ4n) is 2.44. The van der Waals surface area contributed by atoms with Crippen molar-refractivity contribution in [2.45, 2.75) is 19.4 Å². The maximum Gasteiger partial charge on any atom is 0.338 e. The standard InChI is InChI=1S/C18H15Cl2NO4/c19-12-3-6-16(15(20)9-12)24-7-1-2-17(22)21-13-4-5-14-11(8-13)10-25-18(14)23/h3-6,8-9H,1-2,7,10H2,(H,21,22). The molecule has 1 aliphatic heterocycles. The number of ether oxygens (including phenoxy) is 2. The Morgan fingerprint density at radius 1 is 1.20 bits per heavy atom. The zero-order chi connectivity index (χ0) is 17.8. The number of hydrogen-bond donors (Lipinski definition) is 1. The van der Waals surface area contributed by atoms with E-state index >= 15 is 0 Å². The molecule has 0 radical (unpaired) electrons. The molecule has 0 saturated carbocycles. The van der Waals surface area contributed by atoms with Gasteiger partial charge in [0.1, 0.15) is 12.4 Å². The zero-order valence-corrected chi connectivity index (χ0v) is 14.7. The SMILES string of the molecule is O=C(CCCOc1ccc(Cl)cc1Cl)Nc1ccc2c(c1)COC2=O. The first kappa shape index (κ1) is 17.6. The van der Waals surface area contributed by atoms with Crippen LogP contribution in [0.2, 0.25) is 10.0 Å². The molecule has 0 saturated heterocycles. The number of nitrogens with one attached hydrogen (secondary N) is 1. The van der Waals surface area contributed by atoms with Crippen molar-refractivity contribution in [2.75, 3.05) is 11.9 Å². The molecule has 0 aliphatic carbocycles. The van der Waals surface area contributed by atoms with Crippen molar-refractivity contribution in [3.05, 3.63) is 57.6 Å². The minimum atomic E-state index is -0.328. The number of amides is 1. The summed E-state index contributed by atoms with van der Waals surface area (Å²) in [6.07, 6.45) is 0.842. The Labute approximate surface area is 154 Å². The van der Waals surface area contributed by atoms with Crippen LogP contribution in [0.15, 0.2) is 36.4 Å². The molecule has 1 N–H and O–H groups in total. The van der Waals surface area contributed by atoms with E-state index in [1.54, 1.807) is 36.4 Å². The molecule has 0 spiro atoms. The van der Waals surface area contributed by atoms with Crippen molar-refractivity contribution in [2.24, 2.45) is 0 Å². The van der Waals surface area contributed by atoms with Crippen molar-refractivity contribution in [1.29, 1.82) is 0 Å². The van der Waals surface area contributed by atoms with Gasteiger partial charge in [-0.2, -0.15) is 0 Å². The molecule has 0 aromatic heterocycles. The molecular formula is C18H15Cl2NO4. The average molecular weight is 380 g/mol. The molecule has 7 heteroatoms. The Bertz CT molecular complexity index is 823. The third-order valence-electron chi connectivity index (χ3n) is 3.67. The Kier molecular flexibility index (Phi) is 5.46. The van der Waals surface area contributed by atoms with Gasteiger partial charge in [0.25, 0.3) is 0 Å². The molecule has 0 fully saturated rings. The fourth-order valence-corrected chi connectivity index (χ4v) is 2.90. The lowest BCUT2D eigenvalue weighted by atomic mass is 10.1. The van der Waals surface area contributed by atoms with Crippen LogP contribution in [0.4, 0.5) is 5.69 Å². The van der Waals surface area contributed by atoms with Crippen LogP contribution in [0.25, 0.3) is 0 Å². The molecule has 130 valence electrons. The van der Waals surface area contributed by atoms with Gasteiger partial charge in [-0.1, -0.05) is 23.2 Å². The summed E-state index contributed by atoms with van der Waals surface area (Å²) in [5.41, 5.74) is 1.97. The molecule has 25 heavy (non-hydrogen) atoms. The summed E-state index contributed by atoms with van der Waals surface area (Å²) in [6, 6.07) is 10.1. The number of fused-ring (bicyclic) bond motifs is 1. The first-order chi connectivity index (χ1) is 12.0. The number of hydrogen-bond acceptors (Lipinski definition) is 4. The number of anilines is 1. The molecule has 0 unspecified atom stereocenters. The third kappa shape index (κ3) is 4.44. The summed E-state index contributed by atoms with van der Waals surface area (Å²) >= 11 is 11.8. The fraction of sp³-hybridized carbons (Fsp3) is 0.222. The number of esters is 1. The molecule has 2 aromatic rings. The van der Waals surface area contributed by atoms with Crippen molar-refractivity contribution < 1.29 is 19.1 Å². The lowest BCUT2D eigenvalue weighted by molar-refractivity contribution is -0.116. The lowest BCUT2D eigenvalue weighted by Gasteiger charge is -2.09. The highest BCUT2D eigenvalue weighted by Crippen LogP contribution is 2.27. The Balaban J connectivity index is 1.45. The molecule has 1 amide bonds. The molecule has 2 aromatic carbocycles. The molecule has 0 bridgehead atoms. The van der Waals surface area contributed by atoms with Gasteiger partial charge in [-0.05, 0) is 42.8 Å². The van der Waals surface area contributed by atoms with Gasteiger partial charge in [0.15, 0.2) is 0 Å². The number of carbonyl (C=O) groups is 2. The maximum atomic E-state index is 12.0. The first-order valence-corrected chi connectivity index (χ1v) is 8.46. The van der Waals surface area contributed by atoms with Crippen LogP contribution in [0, 0.1) is 0 Å². The normalized spacial score (nSPS) is 12.5. The average Bonchev–Trinajstić information content (AvgIpc) is 2.94. The monoisotopic (exact) mass is 379 g/mol. The first-order valence-electron chi connectivity index (χ1n) is 7.70. The van der Waals surface area contributed by atoms with Crippen molar-refractivity contribution in [1.82, 2.24) is 0 Å². The Morgan fingerprint density at radius 3 is 2.84 bits per heavy atom. The summed E-state index contributed by atoms with van der Waals surface area (Å²) in [5, 5.41) is 3.78. The summed E-state index contributed by atoms with van der Waals surface area (Å²) in [5.74, 6) is 0.0802. The van der Waals surface area contributed by atoms with E-state index in [2.05, 4.69) is 5.32 Å². The predicted molar refractivity (Wildman–Crippen MR) is 95.4 cm³/mol. The number of rotatable bonds is 6. The molecule has 1 heterocycles. The minimum absolute atomic E-state index is 0.129. The van der Waals surface area contributed by atoms with Gasteiger partial charge < -0.3 is 14.8 Å². The predicted octanol–water partition coefficient (Wildman–Crippen LogP) is 4.46. The third-order valence-corrected chi connectivity index (χ3v) is 4.20. The van der Waals surface area contributed by atoms with E-state index in [9.17, 15) is 9.59 Å². The van der Waals surface area contributed by atoms with Crippen LogP contribution in [-0.4, -0.2) is 18.5 Å². The van der Waals surface area contributed by atoms with Crippen molar-refractivity contribution in [3.63, 3.8) is 0 Å². The Morgan fingerprint density at radius 2 is 2.04 bits per heavy atom. The van der Waals surface area contributed by atoms with E-state index in [-0.39, 0.29) is 18.5 Å². The number of carbonyl (C=O) groups excluding carboxylic acids is 2. The molecule has 0 atom stereocenters. The van der Waals surface area contributed by atoms with Crippen LogP contribution in [-0.2, 0) is 16.1 Å².